The van der Waals surface area contributed by atoms with Gasteiger partial charge in [-0.3, -0.25) is 9.59 Å². The summed E-state index contributed by atoms with van der Waals surface area (Å²) >= 11 is 0. The Bertz CT molecular complexity index is 909. The van der Waals surface area contributed by atoms with Crippen LogP contribution in [-0.4, -0.2) is 44.0 Å². The van der Waals surface area contributed by atoms with Crippen LogP contribution in [0.2, 0.25) is 0 Å². The first-order valence-electron chi connectivity index (χ1n) is 9.53. The number of hydrogen-bond acceptors (Lipinski definition) is 3. The number of anilines is 2. The number of rotatable bonds is 3. The fourth-order valence-corrected chi connectivity index (χ4v) is 4.08. The molecule has 4 rings (SSSR count). The zero-order valence-electron chi connectivity index (χ0n) is 15.7. The predicted octanol–water partition coefficient (Wildman–Crippen LogP) is 1.74. The van der Waals surface area contributed by atoms with Crippen molar-refractivity contribution in [3.8, 4) is 0 Å². The van der Waals surface area contributed by atoms with Gasteiger partial charge in [-0.1, -0.05) is 24.3 Å². The average molecular weight is 404 g/mol. The van der Waals surface area contributed by atoms with E-state index < -0.39 is 17.8 Å². The maximum absolute atomic E-state index is 13.0. The lowest BCUT2D eigenvalue weighted by molar-refractivity contribution is -0.915. The molecule has 0 bridgehead atoms. The summed E-state index contributed by atoms with van der Waals surface area (Å²) in [5.74, 6) is -0.414. The van der Waals surface area contributed by atoms with Crippen molar-refractivity contribution >= 4 is 23.2 Å². The van der Waals surface area contributed by atoms with Gasteiger partial charge in [0.15, 0.2) is 6.04 Å². The molecule has 0 spiro atoms. The smallest absolute Gasteiger partial charge is 0.360 e. The molecule has 2 aromatic carbocycles. The molecule has 1 N–H and O–H groups in total. The van der Waals surface area contributed by atoms with E-state index in [1.54, 1.807) is 30.3 Å². The molecule has 0 radical (unpaired) electrons. The number of carbonyl (C=O) groups is 2. The van der Waals surface area contributed by atoms with Crippen molar-refractivity contribution in [2.24, 2.45) is 0 Å². The van der Waals surface area contributed by atoms with Crippen molar-refractivity contribution in [1.82, 2.24) is 0 Å². The number of para-hydroxylation sites is 1. The highest BCUT2D eigenvalue weighted by atomic mass is 19.4. The molecule has 2 aliphatic heterocycles. The van der Waals surface area contributed by atoms with Crippen LogP contribution in [0.3, 0.4) is 0 Å². The Morgan fingerprint density at radius 1 is 0.897 bits per heavy atom. The fourth-order valence-electron chi connectivity index (χ4n) is 4.08. The van der Waals surface area contributed by atoms with E-state index >= 15 is 0 Å². The zero-order valence-corrected chi connectivity index (χ0v) is 15.7. The molecule has 2 heterocycles. The van der Waals surface area contributed by atoms with Crippen LogP contribution in [0.5, 0.6) is 0 Å². The van der Waals surface area contributed by atoms with Crippen LogP contribution in [0, 0.1) is 0 Å². The van der Waals surface area contributed by atoms with E-state index in [0.717, 1.165) is 17.0 Å². The lowest BCUT2D eigenvalue weighted by Gasteiger charge is -2.35. The van der Waals surface area contributed by atoms with Crippen LogP contribution >= 0.6 is 0 Å². The Balaban J connectivity index is 1.43. The number of amides is 2. The zero-order chi connectivity index (χ0) is 20.6. The van der Waals surface area contributed by atoms with E-state index in [4.69, 9.17) is 0 Å². The summed E-state index contributed by atoms with van der Waals surface area (Å²) < 4.78 is 38.9. The molecule has 2 aromatic rings. The highest BCUT2D eigenvalue weighted by Gasteiger charge is 2.46. The van der Waals surface area contributed by atoms with Crippen LogP contribution in [-0.2, 0) is 15.8 Å². The first kappa shape index (κ1) is 19.4. The van der Waals surface area contributed by atoms with E-state index in [1.165, 1.54) is 11.0 Å². The minimum Gasteiger partial charge on any atom is -0.360 e. The number of alkyl halides is 3. The number of nitrogens with one attached hydrogen (secondary N) is 1. The van der Waals surface area contributed by atoms with Gasteiger partial charge < -0.3 is 9.80 Å². The van der Waals surface area contributed by atoms with Gasteiger partial charge in [-0.05, 0) is 30.3 Å². The Morgan fingerprint density at radius 3 is 2.21 bits per heavy atom. The van der Waals surface area contributed by atoms with Gasteiger partial charge in [0.2, 0.25) is 5.91 Å². The van der Waals surface area contributed by atoms with Gasteiger partial charge in [-0.2, -0.15) is 13.2 Å². The molecular weight excluding hydrogens is 383 g/mol. The van der Waals surface area contributed by atoms with Gasteiger partial charge in [0, 0.05) is 5.69 Å². The summed E-state index contributed by atoms with van der Waals surface area (Å²) in [7, 11) is 0. The molecule has 2 fully saturated rings. The summed E-state index contributed by atoms with van der Waals surface area (Å²) in [6, 6.07) is 13.7. The number of nitrogens with zero attached hydrogens (tertiary/aromatic N) is 2. The molecule has 29 heavy (non-hydrogen) atoms. The summed E-state index contributed by atoms with van der Waals surface area (Å²) in [6.45, 7) is 2.23. The molecule has 0 aliphatic carbocycles. The summed E-state index contributed by atoms with van der Waals surface area (Å²) in [6.07, 6.45) is -4.22. The molecular formula is C21H21F3N3O2+. The quantitative estimate of drug-likeness (QED) is 0.793. The van der Waals surface area contributed by atoms with Crippen molar-refractivity contribution in [3.05, 3.63) is 60.2 Å². The van der Waals surface area contributed by atoms with Crippen molar-refractivity contribution in [2.75, 3.05) is 36.0 Å². The van der Waals surface area contributed by atoms with Crippen LogP contribution < -0.4 is 14.7 Å². The van der Waals surface area contributed by atoms with Gasteiger partial charge in [0.05, 0.1) is 43.9 Å². The second-order valence-electron chi connectivity index (χ2n) is 7.35. The van der Waals surface area contributed by atoms with Crippen LogP contribution in [0.1, 0.15) is 12.0 Å². The Morgan fingerprint density at radius 2 is 1.55 bits per heavy atom. The molecule has 0 unspecified atom stereocenters. The molecule has 0 aromatic heterocycles. The monoisotopic (exact) mass is 404 g/mol. The van der Waals surface area contributed by atoms with Crippen LogP contribution in [0.25, 0.3) is 0 Å². The van der Waals surface area contributed by atoms with E-state index in [2.05, 4.69) is 0 Å². The Labute approximate surface area is 166 Å². The number of hydrogen-bond donors (Lipinski definition) is 1. The van der Waals surface area contributed by atoms with Crippen LogP contribution in [0.15, 0.2) is 54.6 Å². The van der Waals surface area contributed by atoms with Crippen molar-refractivity contribution in [3.63, 3.8) is 0 Å². The summed E-state index contributed by atoms with van der Waals surface area (Å²) in [4.78, 5) is 29.4. The molecule has 1 atom stereocenters. The molecule has 5 nitrogen and oxygen atoms in total. The topological polar surface area (TPSA) is 45.1 Å². The second-order valence-corrected chi connectivity index (χ2v) is 7.35. The molecule has 152 valence electrons. The third-order valence-electron chi connectivity index (χ3n) is 5.60. The van der Waals surface area contributed by atoms with E-state index in [1.807, 2.05) is 11.0 Å². The van der Waals surface area contributed by atoms with Gasteiger partial charge in [0.1, 0.15) is 0 Å². The maximum atomic E-state index is 13.0. The summed E-state index contributed by atoms with van der Waals surface area (Å²) in [5, 5.41) is 0. The Kier molecular flexibility index (Phi) is 5.04. The van der Waals surface area contributed by atoms with E-state index in [0.29, 0.717) is 37.6 Å². The third-order valence-corrected chi connectivity index (χ3v) is 5.60. The third kappa shape index (κ3) is 3.85. The number of benzene rings is 2. The normalized spacial score (nSPS) is 21.1. The van der Waals surface area contributed by atoms with E-state index in [-0.39, 0.29) is 18.2 Å². The van der Waals surface area contributed by atoms with Gasteiger partial charge in [-0.25, -0.2) is 4.90 Å². The molecule has 2 aliphatic rings. The number of piperazine rings is 1. The van der Waals surface area contributed by atoms with Crippen LogP contribution in [0.4, 0.5) is 24.5 Å². The lowest BCUT2D eigenvalue weighted by Crippen LogP contribution is -3.19. The minimum absolute atomic E-state index is 0.159. The number of imide groups is 1. The number of quaternary nitrogens is 1. The van der Waals surface area contributed by atoms with Gasteiger partial charge in [-0.15, -0.1) is 0 Å². The highest BCUT2D eigenvalue weighted by molar-refractivity contribution is 6.21. The first-order valence-corrected chi connectivity index (χ1v) is 9.53. The average Bonchev–Trinajstić information content (AvgIpc) is 3.02. The molecule has 2 amide bonds. The molecule has 8 heteroatoms. The molecule has 0 saturated carbocycles. The van der Waals surface area contributed by atoms with Crippen molar-refractivity contribution in [1.29, 1.82) is 0 Å². The first-order chi connectivity index (χ1) is 13.8. The van der Waals surface area contributed by atoms with E-state index in [9.17, 15) is 22.8 Å². The maximum Gasteiger partial charge on any atom is 0.416 e. The summed E-state index contributed by atoms with van der Waals surface area (Å²) in [5.41, 5.74) is 0.436. The highest BCUT2D eigenvalue weighted by Crippen LogP contribution is 2.31. The Hall–Kier alpha value is -2.87. The largest absolute Gasteiger partial charge is 0.416 e. The van der Waals surface area contributed by atoms with Crippen molar-refractivity contribution in [2.45, 2.75) is 18.6 Å². The minimum atomic E-state index is -4.37. The lowest BCUT2D eigenvalue weighted by atomic mass is 10.1. The second kappa shape index (κ2) is 7.51. The van der Waals surface area contributed by atoms with Crippen molar-refractivity contribution < 1.29 is 27.7 Å². The SMILES string of the molecule is O=C1C[C@@H]([NH+]2CCN(c3cccc(C(F)(F)F)c3)CC2)C(=O)N1c1ccccc1. The number of halogens is 3. The van der Waals surface area contributed by atoms with Gasteiger partial charge >= 0.3 is 6.18 Å². The standard InChI is InChI=1S/C21H20F3N3O2/c22-21(23,24)15-5-4-8-17(13-15)25-9-11-26(12-10-25)18-14-19(28)27(20(18)29)16-6-2-1-3-7-16/h1-8,13,18H,9-12,14H2/p+1/t18-/m1/s1. The fraction of sp³-hybridized carbons (Fsp3) is 0.333. The number of carbonyl (C=O) groups excluding carboxylic acids is 2. The molecule has 2 saturated heterocycles. The predicted molar refractivity (Wildman–Crippen MR) is 102 cm³/mol. The van der Waals surface area contributed by atoms with Gasteiger partial charge in [0.25, 0.3) is 5.91 Å².